The lowest BCUT2D eigenvalue weighted by Gasteiger charge is -2.09. The minimum Gasteiger partial charge on any atom is -0.492 e. The van der Waals surface area contributed by atoms with Crippen molar-refractivity contribution >= 4 is 17.6 Å². The van der Waals surface area contributed by atoms with Gasteiger partial charge in [-0.05, 0) is 24.1 Å². The number of carboxylic acids is 1. The molecule has 0 aromatic heterocycles. The minimum atomic E-state index is -1.15. The minimum absolute atomic E-state index is 0.00989. The summed E-state index contributed by atoms with van der Waals surface area (Å²) in [6, 6.07) is 1.52. The third kappa shape index (κ3) is 2.84. The number of aliphatic carboxylic acids is 1. The van der Waals surface area contributed by atoms with E-state index in [9.17, 15) is 9.18 Å². The van der Waals surface area contributed by atoms with Crippen LogP contribution in [0.5, 0.6) is 5.75 Å². The standard InChI is InChI=1S/C10H11ClFNO3/c1-16-9-6(11)2-5(3-7(9)12)4-8(13)10(14)15/h2-3,8H,4,13H2,1H3,(H,14,15). The molecule has 0 aliphatic carbocycles. The summed E-state index contributed by atoms with van der Waals surface area (Å²) in [5.41, 5.74) is 5.74. The zero-order valence-electron chi connectivity index (χ0n) is 8.54. The summed E-state index contributed by atoms with van der Waals surface area (Å²) < 4.78 is 18.1. The van der Waals surface area contributed by atoms with Gasteiger partial charge in [0.05, 0.1) is 12.1 Å². The molecule has 0 fully saturated rings. The van der Waals surface area contributed by atoms with Crippen molar-refractivity contribution in [1.29, 1.82) is 0 Å². The Bertz CT molecular complexity index is 388. The fourth-order valence-corrected chi connectivity index (χ4v) is 1.57. The molecular formula is C10H11ClFNO3. The number of nitrogens with two attached hydrogens (primary N) is 1. The monoisotopic (exact) mass is 247 g/mol. The van der Waals surface area contributed by atoms with E-state index in [1.807, 2.05) is 0 Å². The summed E-state index contributed by atoms with van der Waals surface area (Å²) >= 11 is 5.74. The molecule has 0 radical (unpaired) electrons. The molecule has 0 aliphatic heterocycles. The number of halogens is 2. The Labute approximate surface area is 96.8 Å². The van der Waals surface area contributed by atoms with Crippen LogP contribution in [-0.4, -0.2) is 24.2 Å². The topological polar surface area (TPSA) is 72.5 Å². The van der Waals surface area contributed by atoms with E-state index < -0.39 is 17.8 Å². The van der Waals surface area contributed by atoms with Crippen molar-refractivity contribution in [2.45, 2.75) is 12.5 Å². The third-order valence-electron chi connectivity index (χ3n) is 2.04. The second-order valence-electron chi connectivity index (χ2n) is 3.24. The number of methoxy groups -OCH3 is 1. The van der Waals surface area contributed by atoms with Gasteiger partial charge in [-0.25, -0.2) is 4.39 Å². The first-order valence-electron chi connectivity index (χ1n) is 4.46. The average Bonchev–Trinajstić information content (AvgIpc) is 2.16. The van der Waals surface area contributed by atoms with Crippen molar-refractivity contribution in [3.05, 3.63) is 28.5 Å². The Morgan fingerprint density at radius 2 is 2.31 bits per heavy atom. The largest absolute Gasteiger partial charge is 0.492 e. The van der Waals surface area contributed by atoms with Crippen molar-refractivity contribution in [3.63, 3.8) is 0 Å². The van der Waals surface area contributed by atoms with Gasteiger partial charge in [0, 0.05) is 0 Å². The lowest BCUT2D eigenvalue weighted by molar-refractivity contribution is -0.138. The zero-order valence-corrected chi connectivity index (χ0v) is 9.29. The van der Waals surface area contributed by atoms with Gasteiger partial charge >= 0.3 is 5.97 Å². The van der Waals surface area contributed by atoms with E-state index in [4.69, 9.17) is 27.2 Å². The van der Waals surface area contributed by atoms with Crippen LogP contribution in [0.3, 0.4) is 0 Å². The van der Waals surface area contributed by atoms with Crippen LogP contribution >= 0.6 is 11.6 Å². The van der Waals surface area contributed by atoms with Gasteiger partial charge in [-0.3, -0.25) is 4.79 Å². The van der Waals surface area contributed by atoms with Crippen LogP contribution in [0.1, 0.15) is 5.56 Å². The van der Waals surface area contributed by atoms with Crippen LogP contribution in [0.4, 0.5) is 4.39 Å². The molecule has 0 heterocycles. The Morgan fingerprint density at radius 3 is 2.75 bits per heavy atom. The fraction of sp³-hybridized carbons (Fsp3) is 0.300. The van der Waals surface area contributed by atoms with Gasteiger partial charge in [0.15, 0.2) is 11.6 Å². The highest BCUT2D eigenvalue weighted by atomic mass is 35.5. The van der Waals surface area contributed by atoms with Gasteiger partial charge in [0.2, 0.25) is 0 Å². The highest BCUT2D eigenvalue weighted by molar-refractivity contribution is 6.32. The average molecular weight is 248 g/mol. The molecule has 0 spiro atoms. The van der Waals surface area contributed by atoms with Crippen molar-refractivity contribution in [2.75, 3.05) is 7.11 Å². The summed E-state index contributed by atoms with van der Waals surface area (Å²) in [4.78, 5) is 10.5. The van der Waals surface area contributed by atoms with Crippen LogP contribution in [0.2, 0.25) is 5.02 Å². The molecule has 1 unspecified atom stereocenters. The first kappa shape index (κ1) is 12.7. The molecule has 1 aromatic carbocycles. The maximum absolute atomic E-state index is 13.4. The SMILES string of the molecule is COc1c(F)cc(CC(N)C(=O)O)cc1Cl. The number of ether oxygens (including phenoxy) is 1. The molecule has 1 atom stereocenters. The maximum Gasteiger partial charge on any atom is 0.320 e. The Morgan fingerprint density at radius 1 is 1.69 bits per heavy atom. The highest BCUT2D eigenvalue weighted by Gasteiger charge is 2.15. The summed E-state index contributed by atoms with van der Waals surface area (Å²) in [5, 5.41) is 8.70. The summed E-state index contributed by atoms with van der Waals surface area (Å²) in [6.45, 7) is 0. The normalized spacial score (nSPS) is 12.2. The molecule has 6 heteroatoms. The summed E-state index contributed by atoms with van der Waals surface area (Å²) in [5.74, 6) is -1.84. The highest BCUT2D eigenvalue weighted by Crippen LogP contribution is 2.29. The second-order valence-corrected chi connectivity index (χ2v) is 3.65. The molecule has 1 aromatic rings. The second kappa shape index (κ2) is 5.14. The quantitative estimate of drug-likeness (QED) is 0.845. The van der Waals surface area contributed by atoms with E-state index in [0.717, 1.165) is 6.07 Å². The van der Waals surface area contributed by atoms with Crippen LogP contribution in [0.15, 0.2) is 12.1 Å². The van der Waals surface area contributed by atoms with Crippen LogP contribution in [-0.2, 0) is 11.2 Å². The predicted octanol–water partition coefficient (Wildman–Crippen LogP) is 1.44. The van der Waals surface area contributed by atoms with Gasteiger partial charge in [-0.2, -0.15) is 0 Å². The third-order valence-corrected chi connectivity index (χ3v) is 2.32. The number of hydrogen-bond donors (Lipinski definition) is 2. The number of carboxylic acid groups (broad SMARTS) is 1. The van der Waals surface area contributed by atoms with E-state index in [1.54, 1.807) is 0 Å². The lowest BCUT2D eigenvalue weighted by atomic mass is 10.1. The van der Waals surface area contributed by atoms with E-state index >= 15 is 0 Å². The fourth-order valence-electron chi connectivity index (χ4n) is 1.27. The summed E-state index contributed by atoms with van der Waals surface area (Å²) in [7, 11) is 1.30. The van der Waals surface area contributed by atoms with Crippen LogP contribution < -0.4 is 10.5 Å². The first-order valence-corrected chi connectivity index (χ1v) is 4.83. The van der Waals surface area contributed by atoms with Crippen LogP contribution in [0.25, 0.3) is 0 Å². The van der Waals surface area contributed by atoms with E-state index in [0.29, 0.717) is 5.56 Å². The molecular weight excluding hydrogens is 237 g/mol. The molecule has 3 N–H and O–H groups in total. The van der Waals surface area contributed by atoms with Gasteiger partial charge in [0.25, 0.3) is 0 Å². The van der Waals surface area contributed by atoms with Crippen molar-refractivity contribution in [1.82, 2.24) is 0 Å². The number of hydrogen-bond acceptors (Lipinski definition) is 3. The molecule has 0 saturated carbocycles. The molecule has 0 aliphatic rings. The van der Waals surface area contributed by atoms with E-state index in [2.05, 4.69) is 0 Å². The Balaban J connectivity index is 2.96. The molecule has 88 valence electrons. The Kier molecular flexibility index (Phi) is 4.09. The zero-order chi connectivity index (χ0) is 12.3. The Hall–Kier alpha value is -1.33. The predicted molar refractivity (Wildman–Crippen MR) is 57.3 cm³/mol. The smallest absolute Gasteiger partial charge is 0.320 e. The van der Waals surface area contributed by atoms with Gasteiger partial charge in [0.1, 0.15) is 6.04 Å². The van der Waals surface area contributed by atoms with Crippen molar-refractivity contribution < 1.29 is 19.0 Å². The first-order chi connectivity index (χ1) is 7.45. The van der Waals surface area contributed by atoms with Crippen molar-refractivity contribution in [2.24, 2.45) is 5.73 Å². The maximum atomic E-state index is 13.4. The van der Waals surface area contributed by atoms with Gasteiger partial charge in [-0.1, -0.05) is 11.6 Å². The van der Waals surface area contributed by atoms with Gasteiger partial charge in [-0.15, -0.1) is 0 Å². The van der Waals surface area contributed by atoms with Crippen LogP contribution in [0, 0.1) is 5.82 Å². The van der Waals surface area contributed by atoms with E-state index in [-0.39, 0.29) is 17.2 Å². The van der Waals surface area contributed by atoms with Gasteiger partial charge < -0.3 is 15.6 Å². The van der Waals surface area contributed by atoms with Crippen molar-refractivity contribution in [3.8, 4) is 5.75 Å². The van der Waals surface area contributed by atoms with E-state index in [1.165, 1.54) is 13.2 Å². The molecule has 4 nitrogen and oxygen atoms in total. The molecule has 0 bridgehead atoms. The molecule has 0 amide bonds. The molecule has 1 rings (SSSR count). The lowest BCUT2D eigenvalue weighted by Crippen LogP contribution is -2.32. The summed E-state index contributed by atoms with van der Waals surface area (Å²) in [6.07, 6.45) is 0.00989. The number of benzene rings is 1. The molecule has 16 heavy (non-hydrogen) atoms. The molecule has 0 saturated heterocycles. The number of carbonyl (C=O) groups is 1. The number of rotatable bonds is 4.